The summed E-state index contributed by atoms with van der Waals surface area (Å²) in [5.74, 6) is 0. The average Bonchev–Trinajstić information content (AvgIpc) is 3.88. The maximum atomic E-state index is 6.47. The van der Waals surface area contributed by atoms with E-state index in [0.717, 1.165) is 66.8 Å². The van der Waals surface area contributed by atoms with Crippen LogP contribution in [-0.4, -0.2) is 4.57 Å². The third kappa shape index (κ3) is 5.98. The van der Waals surface area contributed by atoms with Crippen LogP contribution in [0.3, 0.4) is 0 Å². The molecule has 286 valence electrons. The van der Waals surface area contributed by atoms with Crippen molar-refractivity contribution >= 4 is 71.6 Å². The van der Waals surface area contributed by atoms with Crippen molar-refractivity contribution in [1.82, 2.24) is 4.57 Å². The molecular formula is C58H38N2O. The summed E-state index contributed by atoms with van der Waals surface area (Å²) in [6.45, 7) is 0. The standard InChI is InChI=1S/C58H38N2O/c1-2-12-39(13-3-1)40-24-30-46(31-25-40)59(48-17-11-16-44(37-48)45-29-35-57-54(38-45)53-34-28-42-14-4-5-19-50(42)58(53)61-57)47-32-26-41(27-33-47)43-15-10-18-49(36-43)60-55-22-8-6-20-51(55)52-21-7-9-23-56(52)60/h1-38H. The number of hydrogen-bond donors (Lipinski definition) is 0. The van der Waals surface area contributed by atoms with Crippen molar-refractivity contribution in [3.05, 3.63) is 231 Å². The first kappa shape index (κ1) is 34.9. The van der Waals surface area contributed by atoms with E-state index in [9.17, 15) is 0 Å². The summed E-state index contributed by atoms with van der Waals surface area (Å²) in [4.78, 5) is 2.36. The quantitative estimate of drug-likeness (QED) is 0.161. The van der Waals surface area contributed by atoms with E-state index in [1.54, 1.807) is 0 Å². The van der Waals surface area contributed by atoms with Crippen molar-refractivity contribution in [3.8, 4) is 39.1 Å². The van der Waals surface area contributed by atoms with Crippen LogP contribution in [0.25, 0.3) is 93.6 Å². The minimum Gasteiger partial charge on any atom is -0.455 e. The number of anilines is 3. The number of para-hydroxylation sites is 2. The van der Waals surface area contributed by atoms with E-state index < -0.39 is 0 Å². The van der Waals surface area contributed by atoms with E-state index in [0.29, 0.717) is 0 Å². The molecule has 0 aliphatic heterocycles. The fourth-order valence-electron chi connectivity index (χ4n) is 9.22. The van der Waals surface area contributed by atoms with Crippen LogP contribution in [0.1, 0.15) is 0 Å². The first-order valence-corrected chi connectivity index (χ1v) is 20.8. The minimum absolute atomic E-state index is 0.895. The number of furan rings is 1. The average molecular weight is 779 g/mol. The van der Waals surface area contributed by atoms with E-state index in [1.165, 1.54) is 43.9 Å². The van der Waals surface area contributed by atoms with Gasteiger partial charge in [-0.25, -0.2) is 0 Å². The molecule has 61 heavy (non-hydrogen) atoms. The molecule has 2 heterocycles. The van der Waals surface area contributed by atoms with Crippen LogP contribution < -0.4 is 4.90 Å². The predicted molar refractivity (Wildman–Crippen MR) is 257 cm³/mol. The highest BCUT2D eigenvalue weighted by Crippen LogP contribution is 2.41. The zero-order chi connectivity index (χ0) is 40.3. The Hall–Kier alpha value is -8.14. The molecule has 12 rings (SSSR count). The highest BCUT2D eigenvalue weighted by molar-refractivity contribution is 6.15. The Morgan fingerprint density at radius 1 is 0.311 bits per heavy atom. The third-order valence-corrected chi connectivity index (χ3v) is 12.2. The maximum absolute atomic E-state index is 6.47. The molecule has 10 aromatic carbocycles. The first-order valence-electron chi connectivity index (χ1n) is 20.8. The lowest BCUT2D eigenvalue weighted by Crippen LogP contribution is -2.10. The van der Waals surface area contributed by atoms with Gasteiger partial charge in [-0.1, -0.05) is 152 Å². The lowest BCUT2D eigenvalue weighted by Gasteiger charge is -2.26. The minimum atomic E-state index is 0.895. The van der Waals surface area contributed by atoms with Gasteiger partial charge in [0.2, 0.25) is 0 Å². The molecule has 0 bridgehead atoms. The van der Waals surface area contributed by atoms with Gasteiger partial charge >= 0.3 is 0 Å². The number of benzene rings is 10. The van der Waals surface area contributed by atoms with Gasteiger partial charge in [0.05, 0.1) is 11.0 Å². The van der Waals surface area contributed by atoms with Crippen LogP contribution in [0.2, 0.25) is 0 Å². The van der Waals surface area contributed by atoms with Crippen LogP contribution in [-0.2, 0) is 0 Å². The SMILES string of the molecule is c1ccc(-c2ccc(N(c3ccc(-c4cccc(-n5c6ccccc6c6ccccc65)c4)cc3)c3cccc(-c4ccc5oc6c7ccccc7ccc6c5c4)c3)cc2)cc1. The summed E-state index contributed by atoms with van der Waals surface area (Å²) in [7, 11) is 0. The largest absolute Gasteiger partial charge is 0.455 e. The summed E-state index contributed by atoms with van der Waals surface area (Å²) in [6.07, 6.45) is 0. The topological polar surface area (TPSA) is 21.3 Å². The van der Waals surface area contributed by atoms with Gasteiger partial charge in [-0.2, -0.15) is 0 Å². The third-order valence-electron chi connectivity index (χ3n) is 12.2. The van der Waals surface area contributed by atoms with E-state index in [4.69, 9.17) is 4.42 Å². The highest BCUT2D eigenvalue weighted by Gasteiger charge is 2.17. The van der Waals surface area contributed by atoms with Crippen LogP contribution >= 0.6 is 0 Å². The zero-order valence-corrected chi connectivity index (χ0v) is 33.2. The van der Waals surface area contributed by atoms with E-state index in [2.05, 4.69) is 240 Å². The van der Waals surface area contributed by atoms with Gasteiger partial charge in [-0.3, -0.25) is 0 Å². The lowest BCUT2D eigenvalue weighted by molar-refractivity contribution is 0.672. The molecule has 12 aromatic rings. The lowest BCUT2D eigenvalue weighted by atomic mass is 10.00. The molecule has 0 aliphatic rings. The normalized spacial score (nSPS) is 11.6. The molecule has 0 unspecified atom stereocenters. The van der Waals surface area contributed by atoms with E-state index in [-0.39, 0.29) is 0 Å². The van der Waals surface area contributed by atoms with Crippen molar-refractivity contribution in [2.45, 2.75) is 0 Å². The summed E-state index contributed by atoms with van der Waals surface area (Å²) < 4.78 is 8.85. The number of hydrogen-bond acceptors (Lipinski definition) is 2. The second-order valence-electron chi connectivity index (χ2n) is 15.7. The molecule has 0 radical (unpaired) electrons. The monoisotopic (exact) mass is 778 g/mol. The van der Waals surface area contributed by atoms with Gasteiger partial charge in [0.1, 0.15) is 11.2 Å². The van der Waals surface area contributed by atoms with E-state index in [1.807, 2.05) is 0 Å². The van der Waals surface area contributed by atoms with Gasteiger partial charge in [-0.15, -0.1) is 0 Å². The van der Waals surface area contributed by atoms with Gasteiger partial charge in [0.15, 0.2) is 0 Å². The zero-order valence-electron chi connectivity index (χ0n) is 33.2. The molecule has 2 aromatic heterocycles. The van der Waals surface area contributed by atoms with Crippen LogP contribution in [0.15, 0.2) is 235 Å². The Bertz CT molecular complexity index is 3520. The van der Waals surface area contributed by atoms with Gasteiger partial charge in [0, 0.05) is 49.7 Å². The maximum Gasteiger partial charge on any atom is 0.143 e. The fourth-order valence-corrected chi connectivity index (χ4v) is 9.22. The van der Waals surface area contributed by atoms with Crippen LogP contribution in [0, 0.1) is 0 Å². The molecule has 0 N–H and O–H groups in total. The van der Waals surface area contributed by atoms with Crippen molar-refractivity contribution in [2.24, 2.45) is 0 Å². The Balaban J connectivity index is 0.939. The number of aromatic nitrogens is 1. The second kappa shape index (κ2) is 14.3. The number of nitrogens with zero attached hydrogens (tertiary/aromatic N) is 2. The van der Waals surface area contributed by atoms with E-state index >= 15 is 0 Å². The summed E-state index contributed by atoms with van der Waals surface area (Å²) in [5, 5.41) is 7.09. The smallest absolute Gasteiger partial charge is 0.143 e. The molecule has 0 amide bonds. The molecule has 0 aliphatic carbocycles. The number of fused-ring (bicyclic) bond motifs is 8. The van der Waals surface area contributed by atoms with Crippen molar-refractivity contribution in [1.29, 1.82) is 0 Å². The van der Waals surface area contributed by atoms with Gasteiger partial charge < -0.3 is 13.9 Å². The summed E-state index contributed by atoms with van der Waals surface area (Å²) >= 11 is 0. The van der Waals surface area contributed by atoms with Gasteiger partial charge in [0.25, 0.3) is 0 Å². The van der Waals surface area contributed by atoms with Crippen molar-refractivity contribution < 1.29 is 4.42 Å². The Morgan fingerprint density at radius 2 is 0.852 bits per heavy atom. The van der Waals surface area contributed by atoms with Crippen LogP contribution in [0.5, 0.6) is 0 Å². The Morgan fingerprint density at radius 3 is 1.57 bits per heavy atom. The molecular weight excluding hydrogens is 741 g/mol. The van der Waals surface area contributed by atoms with Crippen LogP contribution in [0.4, 0.5) is 17.1 Å². The molecule has 0 saturated heterocycles. The Labute approximate surface area is 353 Å². The fraction of sp³-hybridized carbons (Fsp3) is 0. The Kier molecular flexibility index (Phi) is 8.17. The van der Waals surface area contributed by atoms with Crippen molar-refractivity contribution in [2.75, 3.05) is 4.90 Å². The number of rotatable bonds is 7. The van der Waals surface area contributed by atoms with Gasteiger partial charge in [-0.05, 0) is 118 Å². The molecule has 3 heteroatoms. The molecule has 0 saturated carbocycles. The summed E-state index contributed by atoms with van der Waals surface area (Å²) in [5.41, 5.74) is 15.6. The summed E-state index contributed by atoms with van der Waals surface area (Å²) in [6, 6.07) is 82.9. The van der Waals surface area contributed by atoms with Crippen molar-refractivity contribution in [3.63, 3.8) is 0 Å². The highest BCUT2D eigenvalue weighted by atomic mass is 16.3. The molecule has 0 spiro atoms. The molecule has 0 fully saturated rings. The molecule has 0 atom stereocenters. The first-order chi connectivity index (χ1) is 30.2. The predicted octanol–water partition coefficient (Wildman–Crippen LogP) is 16.3. The molecule has 3 nitrogen and oxygen atoms in total. The second-order valence-corrected chi connectivity index (χ2v) is 15.7.